The van der Waals surface area contributed by atoms with Crippen LogP contribution in [0, 0.1) is 13.8 Å². The maximum Gasteiger partial charge on any atom is 0.293 e. The Labute approximate surface area is 177 Å². The van der Waals surface area contributed by atoms with Gasteiger partial charge in [0.05, 0.1) is 4.91 Å². The van der Waals surface area contributed by atoms with Gasteiger partial charge in [-0.1, -0.05) is 0 Å². The van der Waals surface area contributed by atoms with Crippen molar-refractivity contribution in [3.8, 4) is 5.69 Å². The highest BCUT2D eigenvalue weighted by Gasteiger charge is 2.36. The van der Waals surface area contributed by atoms with Crippen molar-refractivity contribution in [2.45, 2.75) is 47.6 Å². The minimum Gasteiger partial charge on any atom is -0.372 e. The van der Waals surface area contributed by atoms with Crippen LogP contribution in [0.15, 0.2) is 35.2 Å². The topological polar surface area (TPSA) is 45.6 Å². The maximum absolute atomic E-state index is 12.6. The molecular formula is C23H29N3O2S. The number of amides is 2. The van der Waals surface area contributed by atoms with Crippen LogP contribution in [-0.4, -0.2) is 39.7 Å². The summed E-state index contributed by atoms with van der Waals surface area (Å²) in [5.41, 5.74) is 5.40. The van der Waals surface area contributed by atoms with Gasteiger partial charge >= 0.3 is 0 Å². The number of hydrogen-bond acceptors (Lipinski definition) is 4. The smallest absolute Gasteiger partial charge is 0.293 e. The van der Waals surface area contributed by atoms with E-state index in [1.807, 2.05) is 26.8 Å². The van der Waals surface area contributed by atoms with E-state index in [0.717, 1.165) is 47.5 Å². The van der Waals surface area contributed by atoms with E-state index in [1.54, 1.807) is 0 Å². The van der Waals surface area contributed by atoms with Crippen molar-refractivity contribution < 1.29 is 9.59 Å². The third kappa shape index (κ3) is 3.99. The number of rotatable bonds is 6. The van der Waals surface area contributed by atoms with Crippen molar-refractivity contribution >= 4 is 34.7 Å². The molecule has 2 aromatic rings. The first kappa shape index (κ1) is 21.2. The van der Waals surface area contributed by atoms with E-state index in [4.69, 9.17) is 0 Å². The van der Waals surface area contributed by atoms with Gasteiger partial charge in [0.2, 0.25) is 0 Å². The average Bonchev–Trinajstić information content (AvgIpc) is 3.12. The van der Waals surface area contributed by atoms with E-state index in [0.29, 0.717) is 4.91 Å². The molecule has 29 heavy (non-hydrogen) atoms. The van der Waals surface area contributed by atoms with Crippen LogP contribution in [0.25, 0.3) is 11.8 Å². The third-order valence-corrected chi connectivity index (χ3v) is 6.22. The molecule has 1 fully saturated rings. The summed E-state index contributed by atoms with van der Waals surface area (Å²) in [5.74, 6) is -0.205. The number of nitrogens with zero attached hydrogens (tertiary/aromatic N) is 3. The van der Waals surface area contributed by atoms with Crippen LogP contribution in [-0.2, 0) is 4.79 Å². The first-order chi connectivity index (χ1) is 13.8. The predicted octanol–water partition coefficient (Wildman–Crippen LogP) is 5.39. The molecule has 0 spiro atoms. The third-order valence-electron chi connectivity index (χ3n) is 5.33. The van der Waals surface area contributed by atoms with Gasteiger partial charge in [-0.05, 0) is 95.3 Å². The SMILES string of the molecule is CCN(CC)c1ccc(-n2c(C)cc(/C=C3\SC(=O)N(C(C)C)C3=O)c2C)cc1. The van der Waals surface area contributed by atoms with E-state index in [-0.39, 0.29) is 17.2 Å². The zero-order valence-corrected chi connectivity index (χ0v) is 18.8. The molecule has 6 heteroatoms. The Kier molecular flexibility index (Phi) is 6.22. The Bertz CT molecular complexity index is 953. The molecule has 154 valence electrons. The van der Waals surface area contributed by atoms with Gasteiger partial charge in [0.15, 0.2) is 0 Å². The number of carbonyl (C=O) groups excluding carboxylic acids is 2. The number of anilines is 1. The van der Waals surface area contributed by atoms with Crippen LogP contribution in [0.2, 0.25) is 0 Å². The Morgan fingerprint density at radius 3 is 2.21 bits per heavy atom. The Balaban J connectivity index is 1.94. The maximum atomic E-state index is 12.6. The Hall–Kier alpha value is -2.47. The van der Waals surface area contributed by atoms with Gasteiger partial charge in [0, 0.05) is 41.9 Å². The monoisotopic (exact) mass is 411 g/mol. The number of imide groups is 1. The van der Waals surface area contributed by atoms with Crippen molar-refractivity contribution in [1.29, 1.82) is 0 Å². The lowest BCUT2D eigenvalue weighted by atomic mass is 10.2. The largest absolute Gasteiger partial charge is 0.372 e. The van der Waals surface area contributed by atoms with Gasteiger partial charge in [-0.3, -0.25) is 14.5 Å². The highest BCUT2D eigenvalue weighted by molar-refractivity contribution is 8.18. The molecule has 2 heterocycles. The molecule has 3 rings (SSSR count). The van der Waals surface area contributed by atoms with E-state index < -0.39 is 0 Å². The van der Waals surface area contributed by atoms with Crippen molar-refractivity contribution in [1.82, 2.24) is 9.47 Å². The summed E-state index contributed by atoms with van der Waals surface area (Å²) in [6.07, 6.45) is 1.84. The number of aryl methyl sites for hydroxylation is 1. The van der Waals surface area contributed by atoms with Gasteiger partial charge < -0.3 is 9.47 Å². The van der Waals surface area contributed by atoms with Crippen LogP contribution in [0.1, 0.15) is 44.6 Å². The molecular weight excluding hydrogens is 382 g/mol. The van der Waals surface area contributed by atoms with Crippen molar-refractivity contribution in [3.63, 3.8) is 0 Å². The van der Waals surface area contributed by atoms with E-state index in [9.17, 15) is 9.59 Å². The zero-order valence-electron chi connectivity index (χ0n) is 18.0. The second-order valence-electron chi connectivity index (χ2n) is 7.50. The van der Waals surface area contributed by atoms with Gasteiger partial charge in [-0.15, -0.1) is 0 Å². The number of aromatic nitrogens is 1. The molecule has 1 aliphatic heterocycles. The number of benzene rings is 1. The molecule has 0 N–H and O–H groups in total. The van der Waals surface area contributed by atoms with Gasteiger partial charge in [0.25, 0.3) is 11.1 Å². The highest BCUT2D eigenvalue weighted by atomic mass is 32.2. The van der Waals surface area contributed by atoms with Crippen LogP contribution in [0.5, 0.6) is 0 Å². The summed E-state index contributed by atoms with van der Waals surface area (Å²) >= 11 is 1.02. The second-order valence-corrected chi connectivity index (χ2v) is 8.49. The number of hydrogen-bond donors (Lipinski definition) is 0. The minimum atomic E-state index is -0.205. The lowest BCUT2D eigenvalue weighted by Gasteiger charge is -2.21. The molecule has 0 aliphatic carbocycles. The molecule has 1 aliphatic rings. The standard InChI is InChI=1S/C23H29N3O2S/c1-7-24(8-2)19-9-11-20(12-10-19)26-16(5)13-18(17(26)6)14-21-22(27)25(15(3)4)23(28)29-21/h9-15H,7-8H2,1-6H3/b21-14-. The first-order valence-electron chi connectivity index (χ1n) is 10.1. The normalized spacial score (nSPS) is 15.8. The minimum absolute atomic E-state index is 0.134. The van der Waals surface area contributed by atoms with Gasteiger partial charge in [-0.2, -0.15) is 0 Å². The van der Waals surface area contributed by atoms with E-state index >= 15 is 0 Å². The fourth-order valence-corrected chi connectivity index (χ4v) is 4.75. The highest BCUT2D eigenvalue weighted by Crippen LogP contribution is 2.35. The molecule has 2 amide bonds. The summed E-state index contributed by atoms with van der Waals surface area (Å²) < 4.78 is 2.19. The molecule has 0 radical (unpaired) electrons. The summed E-state index contributed by atoms with van der Waals surface area (Å²) in [5, 5.41) is -0.197. The van der Waals surface area contributed by atoms with Gasteiger partial charge in [0.1, 0.15) is 0 Å². The van der Waals surface area contributed by atoms with Crippen LogP contribution in [0.3, 0.4) is 0 Å². The first-order valence-corrected chi connectivity index (χ1v) is 10.9. The van der Waals surface area contributed by atoms with Crippen molar-refractivity contribution in [2.75, 3.05) is 18.0 Å². The fraction of sp³-hybridized carbons (Fsp3) is 0.391. The fourth-order valence-electron chi connectivity index (χ4n) is 3.80. The molecule has 1 aromatic carbocycles. The molecule has 0 saturated carbocycles. The van der Waals surface area contributed by atoms with Crippen molar-refractivity contribution in [3.05, 3.63) is 52.2 Å². The zero-order chi connectivity index (χ0) is 21.3. The number of thioether (sulfide) groups is 1. The van der Waals surface area contributed by atoms with Crippen LogP contribution >= 0.6 is 11.8 Å². The van der Waals surface area contributed by atoms with Crippen LogP contribution in [0.4, 0.5) is 10.5 Å². The molecule has 0 bridgehead atoms. The molecule has 0 unspecified atom stereocenters. The molecule has 5 nitrogen and oxygen atoms in total. The number of carbonyl (C=O) groups is 2. The summed E-state index contributed by atoms with van der Waals surface area (Å²) in [6, 6.07) is 10.5. The predicted molar refractivity (Wildman–Crippen MR) is 122 cm³/mol. The Morgan fingerprint density at radius 1 is 1.07 bits per heavy atom. The average molecular weight is 412 g/mol. The van der Waals surface area contributed by atoms with Crippen molar-refractivity contribution in [2.24, 2.45) is 0 Å². The second kappa shape index (κ2) is 8.49. The quantitative estimate of drug-likeness (QED) is 0.598. The molecule has 1 aromatic heterocycles. The summed E-state index contributed by atoms with van der Waals surface area (Å²) in [4.78, 5) is 28.9. The molecule has 1 saturated heterocycles. The molecule has 0 atom stereocenters. The summed E-state index contributed by atoms with van der Waals surface area (Å²) in [6.45, 7) is 14.1. The van der Waals surface area contributed by atoms with Crippen LogP contribution < -0.4 is 4.90 Å². The van der Waals surface area contributed by atoms with E-state index in [2.05, 4.69) is 60.6 Å². The summed E-state index contributed by atoms with van der Waals surface area (Å²) in [7, 11) is 0. The Morgan fingerprint density at radius 2 is 1.69 bits per heavy atom. The lowest BCUT2D eigenvalue weighted by Crippen LogP contribution is -2.34. The van der Waals surface area contributed by atoms with Gasteiger partial charge in [-0.25, -0.2) is 0 Å². The lowest BCUT2D eigenvalue weighted by molar-refractivity contribution is -0.123. The van der Waals surface area contributed by atoms with E-state index in [1.165, 1.54) is 10.6 Å².